The third-order valence-electron chi connectivity index (χ3n) is 6.98. The van der Waals surface area contributed by atoms with Crippen molar-refractivity contribution in [1.82, 2.24) is 4.90 Å². The molecular weight excluding hydrogens is 457 g/mol. The SMILES string of the molecule is C=C(COc1ccc(C2Oc3ccc(O)cc3C(C)=C2c2ccc(O)cc2F)cc1)N1CC[C@@H](C)C1. The van der Waals surface area contributed by atoms with Crippen LogP contribution < -0.4 is 9.47 Å². The van der Waals surface area contributed by atoms with Gasteiger partial charge in [-0.1, -0.05) is 25.6 Å². The van der Waals surface area contributed by atoms with Gasteiger partial charge in [-0.3, -0.25) is 0 Å². The Morgan fingerprint density at radius 3 is 2.47 bits per heavy atom. The van der Waals surface area contributed by atoms with Gasteiger partial charge in [-0.2, -0.15) is 0 Å². The van der Waals surface area contributed by atoms with Gasteiger partial charge in [0.25, 0.3) is 0 Å². The van der Waals surface area contributed by atoms with Gasteiger partial charge in [0.05, 0.1) is 0 Å². The maximum Gasteiger partial charge on any atom is 0.150 e. The third kappa shape index (κ3) is 4.63. The fourth-order valence-electron chi connectivity index (χ4n) is 4.96. The van der Waals surface area contributed by atoms with Gasteiger partial charge in [-0.15, -0.1) is 0 Å². The molecule has 0 aliphatic carbocycles. The number of benzene rings is 3. The number of hydrogen-bond donors (Lipinski definition) is 2. The minimum Gasteiger partial charge on any atom is -0.508 e. The summed E-state index contributed by atoms with van der Waals surface area (Å²) in [6, 6.07) is 16.6. The maximum atomic E-state index is 15.0. The smallest absolute Gasteiger partial charge is 0.150 e. The molecule has 0 aromatic heterocycles. The number of fused-ring (bicyclic) bond motifs is 1. The van der Waals surface area contributed by atoms with Crippen LogP contribution in [-0.2, 0) is 0 Å². The molecule has 1 fully saturated rings. The maximum absolute atomic E-state index is 15.0. The van der Waals surface area contributed by atoms with E-state index in [1.165, 1.54) is 12.5 Å². The van der Waals surface area contributed by atoms with Crippen LogP contribution in [0.15, 0.2) is 72.9 Å². The zero-order valence-corrected chi connectivity index (χ0v) is 20.5. The molecule has 186 valence electrons. The summed E-state index contributed by atoms with van der Waals surface area (Å²) in [5, 5.41) is 19.8. The molecule has 6 heteroatoms. The molecular formula is C30H30FNO4. The monoisotopic (exact) mass is 487 g/mol. The molecule has 3 aromatic rings. The molecule has 2 aliphatic heterocycles. The highest BCUT2D eigenvalue weighted by molar-refractivity contribution is 5.95. The first-order valence-electron chi connectivity index (χ1n) is 12.2. The van der Waals surface area contributed by atoms with Crippen LogP contribution in [-0.4, -0.2) is 34.8 Å². The molecule has 5 rings (SSSR count). The standard InChI is InChI=1S/C30H30FNO4/c1-18-12-13-32(16-18)19(2)17-35-24-8-4-21(5-9-24)30-29(25-10-6-23(34)15-27(25)31)20(3)26-14-22(33)7-11-28(26)36-30/h4-11,14-15,18,30,33-34H,2,12-13,16-17H2,1,3H3/t18-,30?/m1/s1. The van der Waals surface area contributed by atoms with Crippen molar-refractivity contribution in [3.05, 3.63) is 95.4 Å². The summed E-state index contributed by atoms with van der Waals surface area (Å²) in [4.78, 5) is 2.27. The Balaban J connectivity index is 1.43. The average molecular weight is 488 g/mol. The number of halogens is 1. The lowest BCUT2D eigenvalue weighted by Crippen LogP contribution is -2.23. The zero-order chi connectivity index (χ0) is 25.4. The summed E-state index contributed by atoms with van der Waals surface area (Å²) in [5.41, 5.74) is 4.26. The van der Waals surface area contributed by atoms with E-state index in [0.717, 1.165) is 36.0 Å². The number of ether oxygens (including phenoxy) is 2. The van der Waals surface area contributed by atoms with E-state index in [9.17, 15) is 10.2 Å². The van der Waals surface area contributed by atoms with Crippen LogP contribution in [0.5, 0.6) is 23.0 Å². The van der Waals surface area contributed by atoms with E-state index in [1.807, 2.05) is 31.2 Å². The van der Waals surface area contributed by atoms with Crippen LogP contribution in [0.3, 0.4) is 0 Å². The molecule has 2 aliphatic rings. The number of phenolic OH excluding ortho intramolecular Hbond substituents is 2. The van der Waals surface area contributed by atoms with Crippen molar-refractivity contribution in [2.75, 3.05) is 19.7 Å². The molecule has 0 amide bonds. The van der Waals surface area contributed by atoms with Gasteiger partial charge in [0.2, 0.25) is 0 Å². The predicted molar refractivity (Wildman–Crippen MR) is 138 cm³/mol. The second-order valence-corrected chi connectivity index (χ2v) is 9.64. The number of aromatic hydroxyl groups is 2. The van der Waals surface area contributed by atoms with Gasteiger partial charge in [0.15, 0.2) is 0 Å². The van der Waals surface area contributed by atoms with Gasteiger partial charge in [0, 0.05) is 41.6 Å². The average Bonchev–Trinajstić information content (AvgIpc) is 3.30. The Hall–Kier alpha value is -3.93. The van der Waals surface area contributed by atoms with Crippen LogP contribution in [0.2, 0.25) is 0 Å². The first-order chi connectivity index (χ1) is 17.3. The lowest BCUT2D eigenvalue weighted by Gasteiger charge is -2.31. The van der Waals surface area contributed by atoms with E-state index >= 15 is 4.39 Å². The summed E-state index contributed by atoms with van der Waals surface area (Å²) in [5.74, 6) is 1.41. The Kier molecular flexibility index (Phi) is 6.35. The molecule has 0 bridgehead atoms. The van der Waals surface area contributed by atoms with Crippen molar-refractivity contribution >= 4 is 11.1 Å². The first-order valence-corrected chi connectivity index (χ1v) is 12.2. The van der Waals surface area contributed by atoms with Crippen molar-refractivity contribution in [2.24, 2.45) is 5.92 Å². The predicted octanol–water partition coefficient (Wildman–Crippen LogP) is 6.54. The van der Waals surface area contributed by atoms with Crippen molar-refractivity contribution in [3.63, 3.8) is 0 Å². The number of nitrogens with zero attached hydrogens (tertiary/aromatic N) is 1. The Bertz CT molecular complexity index is 1330. The van der Waals surface area contributed by atoms with Gasteiger partial charge < -0.3 is 24.6 Å². The summed E-state index contributed by atoms with van der Waals surface area (Å²) < 4.78 is 27.3. The molecule has 0 spiro atoms. The highest BCUT2D eigenvalue weighted by Gasteiger charge is 2.31. The summed E-state index contributed by atoms with van der Waals surface area (Å²) in [6.45, 7) is 10.8. The van der Waals surface area contributed by atoms with Crippen LogP contribution in [0.25, 0.3) is 11.1 Å². The number of likely N-dealkylation sites (tertiary alicyclic amines) is 1. The summed E-state index contributed by atoms with van der Waals surface area (Å²) >= 11 is 0. The van der Waals surface area contributed by atoms with E-state index in [2.05, 4.69) is 18.4 Å². The Morgan fingerprint density at radius 2 is 1.78 bits per heavy atom. The lowest BCUT2D eigenvalue weighted by atomic mass is 9.86. The van der Waals surface area contributed by atoms with Crippen molar-refractivity contribution in [1.29, 1.82) is 0 Å². The van der Waals surface area contributed by atoms with Crippen LogP contribution in [0.1, 0.15) is 43.1 Å². The number of allylic oxidation sites excluding steroid dienone is 1. The van der Waals surface area contributed by atoms with E-state index in [0.29, 0.717) is 40.7 Å². The van der Waals surface area contributed by atoms with Gasteiger partial charge in [0.1, 0.15) is 41.5 Å². The molecule has 3 aromatic carbocycles. The van der Waals surface area contributed by atoms with Crippen LogP contribution in [0.4, 0.5) is 4.39 Å². The third-order valence-corrected chi connectivity index (χ3v) is 6.98. The molecule has 36 heavy (non-hydrogen) atoms. The van der Waals surface area contributed by atoms with E-state index in [-0.39, 0.29) is 11.5 Å². The minimum absolute atomic E-state index is 0.104. The second-order valence-electron chi connectivity index (χ2n) is 9.64. The number of rotatable bonds is 6. The second kappa shape index (κ2) is 9.61. The Morgan fingerprint density at radius 1 is 1.06 bits per heavy atom. The molecule has 2 heterocycles. The summed E-state index contributed by atoms with van der Waals surface area (Å²) in [7, 11) is 0. The van der Waals surface area contributed by atoms with E-state index in [4.69, 9.17) is 9.47 Å². The normalized spacial score (nSPS) is 19.1. The number of hydrogen-bond acceptors (Lipinski definition) is 5. The number of phenols is 2. The highest BCUT2D eigenvalue weighted by atomic mass is 19.1. The van der Waals surface area contributed by atoms with Crippen molar-refractivity contribution in [2.45, 2.75) is 26.4 Å². The largest absolute Gasteiger partial charge is 0.508 e. The van der Waals surface area contributed by atoms with E-state index in [1.54, 1.807) is 24.3 Å². The highest BCUT2D eigenvalue weighted by Crippen LogP contribution is 2.48. The zero-order valence-electron chi connectivity index (χ0n) is 20.5. The fourth-order valence-corrected chi connectivity index (χ4v) is 4.96. The van der Waals surface area contributed by atoms with Gasteiger partial charge in [-0.25, -0.2) is 4.39 Å². The molecule has 5 nitrogen and oxygen atoms in total. The lowest BCUT2D eigenvalue weighted by molar-refractivity contribution is 0.258. The van der Waals surface area contributed by atoms with Gasteiger partial charge >= 0.3 is 0 Å². The molecule has 0 radical (unpaired) electrons. The quantitative estimate of drug-likeness (QED) is 0.414. The van der Waals surface area contributed by atoms with Crippen LogP contribution >= 0.6 is 0 Å². The van der Waals surface area contributed by atoms with E-state index < -0.39 is 11.9 Å². The summed E-state index contributed by atoms with van der Waals surface area (Å²) in [6.07, 6.45) is 0.588. The molecule has 0 saturated carbocycles. The molecule has 1 saturated heterocycles. The van der Waals surface area contributed by atoms with Crippen LogP contribution in [0, 0.1) is 11.7 Å². The first kappa shape index (κ1) is 23.8. The van der Waals surface area contributed by atoms with Crippen molar-refractivity contribution in [3.8, 4) is 23.0 Å². The van der Waals surface area contributed by atoms with Crippen molar-refractivity contribution < 1.29 is 24.1 Å². The molecule has 2 atom stereocenters. The fraction of sp³-hybridized carbons (Fsp3) is 0.267. The molecule has 2 N–H and O–H groups in total. The minimum atomic E-state index is -0.587. The molecule has 1 unspecified atom stereocenters. The Labute approximate surface area is 210 Å². The topological polar surface area (TPSA) is 62.2 Å². The van der Waals surface area contributed by atoms with Gasteiger partial charge in [-0.05, 0) is 72.9 Å².